The lowest BCUT2D eigenvalue weighted by Gasteiger charge is -2.26. The van der Waals surface area contributed by atoms with E-state index in [4.69, 9.17) is 4.74 Å². The molecule has 1 saturated heterocycles. The summed E-state index contributed by atoms with van der Waals surface area (Å²) in [6.45, 7) is 2.35. The van der Waals surface area contributed by atoms with Gasteiger partial charge in [-0.1, -0.05) is 12.1 Å². The molecule has 0 aromatic carbocycles. The number of hydrogen-bond acceptors (Lipinski definition) is 4. The summed E-state index contributed by atoms with van der Waals surface area (Å²) < 4.78 is 9.11. The van der Waals surface area contributed by atoms with E-state index in [2.05, 4.69) is 22.2 Å². The average Bonchev–Trinajstić information content (AvgIpc) is 3.40. The number of fused-ring (bicyclic) bond motifs is 1. The zero-order valence-corrected chi connectivity index (χ0v) is 15.2. The smallest absolute Gasteiger partial charge is 0.272 e. The monoisotopic (exact) mass is 373 g/mol. The minimum Gasteiger partial charge on any atom is -0.378 e. The Labute approximate surface area is 161 Å². The van der Waals surface area contributed by atoms with E-state index >= 15 is 0 Å². The number of aromatic nitrogens is 4. The van der Waals surface area contributed by atoms with Crippen molar-refractivity contribution in [3.05, 3.63) is 72.9 Å². The van der Waals surface area contributed by atoms with Crippen LogP contribution in [0.3, 0.4) is 0 Å². The van der Waals surface area contributed by atoms with Gasteiger partial charge in [0, 0.05) is 42.8 Å². The Hall–Kier alpha value is -3.45. The zero-order valence-electron chi connectivity index (χ0n) is 15.2. The number of pyridine rings is 2. The predicted octanol–water partition coefficient (Wildman–Crippen LogP) is 2.66. The van der Waals surface area contributed by atoms with Crippen LogP contribution in [0.4, 0.5) is 0 Å². The second kappa shape index (κ2) is 6.94. The number of hydrogen-bond donors (Lipinski definition) is 0. The van der Waals surface area contributed by atoms with Crippen LogP contribution in [0.5, 0.6) is 0 Å². The van der Waals surface area contributed by atoms with Crippen LogP contribution in [-0.4, -0.2) is 56.3 Å². The van der Waals surface area contributed by atoms with Gasteiger partial charge in [-0.2, -0.15) is 5.10 Å². The molecule has 0 bridgehead atoms. The number of nitrogens with zero attached hydrogens (tertiary/aromatic N) is 5. The number of carbonyl (C=O) groups excluding carboxylic acids is 1. The molecule has 1 aliphatic heterocycles. The number of carbonyl (C=O) groups is 1. The van der Waals surface area contributed by atoms with Gasteiger partial charge in [-0.15, -0.1) is 0 Å². The summed E-state index contributed by atoms with van der Waals surface area (Å²) >= 11 is 0. The topological polar surface area (TPSA) is 64.7 Å². The van der Waals surface area contributed by atoms with Gasteiger partial charge in [-0.25, -0.2) is 4.68 Å². The van der Waals surface area contributed by atoms with E-state index in [1.807, 2.05) is 46.0 Å². The molecule has 28 heavy (non-hydrogen) atoms. The lowest BCUT2D eigenvalue weighted by molar-refractivity contribution is 0.0297. The first-order valence-electron chi connectivity index (χ1n) is 9.24. The van der Waals surface area contributed by atoms with Crippen molar-refractivity contribution < 1.29 is 9.53 Å². The van der Waals surface area contributed by atoms with Crippen molar-refractivity contribution in [2.24, 2.45) is 0 Å². The second-order valence-electron chi connectivity index (χ2n) is 6.68. The molecule has 0 saturated carbocycles. The third-order valence-corrected chi connectivity index (χ3v) is 5.00. The molecule has 4 aromatic heterocycles. The van der Waals surface area contributed by atoms with Crippen LogP contribution in [0.2, 0.25) is 0 Å². The molecule has 1 amide bonds. The van der Waals surface area contributed by atoms with Crippen molar-refractivity contribution in [2.45, 2.75) is 0 Å². The Kier molecular flexibility index (Phi) is 4.14. The van der Waals surface area contributed by atoms with Gasteiger partial charge in [0.2, 0.25) is 0 Å². The van der Waals surface area contributed by atoms with Gasteiger partial charge in [0.25, 0.3) is 5.91 Å². The van der Waals surface area contributed by atoms with Crippen molar-refractivity contribution in [1.82, 2.24) is 24.1 Å². The maximum absolute atomic E-state index is 13.0. The Morgan fingerprint density at radius 1 is 0.964 bits per heavy atom. The fraction of sp³-hybridized carbons (Fsp3) is 0.190. The summed E-state index contributed by atoms with van der Waals surface area (Å²) in [5.74, 6) is 0.793. The summed E-state index contributed by atoms with van der Waals surface area (Å²) in [6.07, 6.45) is 7.31. The van der Waals surface area contributed by atoms with Gasteiger partial charge >= 0.3 is 0 Å². The highest BCUT2D eigenvalue weighted by Gasteiger charge is 2.23. The molecule has 7 nitrogen and oxygen atoms in total. The van der Waals surface area contributed by atoms with E-state index in [9.17, 15) is 4.79 Å². The first-order chi connectivity index (χ1) is 13.8. The van der Waals surface area contributed by atoms with Gasteiger partial charge in [0.1, 0.15) is 11.5 Å². The first-order valence-corrected chi connectivity index (χ1v) is 9.24. The predicted molar refractivity (Wildman–Crippen MR) is 104 cm³/mol. The van der Waals surface area contributed by atoms with Gasteiger partial charge in [-0.05, 0) is 35.9 Å². The molecule has 1 aliphatic rings. The largest absolute Gasteiger partial charge is 0.378 e. The molecule has 0 N–H and O–H groups in total. The normalized spacial score (nSPS) is 14.5. The Morgan fingerprint density at radius 3 is 2.64 bits per heavy atom. The molecule has 4 aromatic rings. The van der Waals surface area contributed by atoms with E-state index in [0.29, 0.717) is 32.0 Å². The Morgan fingerprint density at radius 2 is 1.82 bits per heavy atom. The van der Waals surface area contributed by atoms with Crippen molar-refractivity contribution in [2.75, 3.05) is 26.3 Å². The maximum Gasteiger partial charge on any atom is 0.272 e. The van der Waals surface area contributed by atoms with Crippen molar-refractivity contribution in [1.29, 1.82) is 0 Å². The van der Waals surface area contributed by atoms with Gasteiger partial charge < -0.3 is 14.0 Å². The fourth-order valence-corrected chi connectivity index (χ4v) is 3.54. The fourth-order valence-electron chi connectivity index (χ4n) is 3.54. The van der Waals surface area contributed by atoms with Crippen molar-refractivity contribution >= 4 is 11.4 Å². The quantitative estimate of drug-likeness (QED) is 0.554. The third kappa shape index (κ3) is 2.86. The molecule has 0 atom stereocenters. The molecule has 1 fully saturated rings. The van der Waals surface area contributed by atoms with Crippen LogP contribution >= 0.6 is 0 Å². The summed E-state index contributed by atoms with van der Waals surface area (Å²) in [7, 11) is 0. The standard InChI is InChI=1S/C21H19N5O2/c27-21(24-10-12-28-13-11-24)19-7-9-23-26(19)20-6-5-18-4-3-17(15-25(18)20)16-2-1-8-22-14-16/h1-9,14-15H,10-13H2. The average molecular weight is 373 g/mol. The molecule has 5 heterocycles. The molecule has 5 rings (SSSR count). The van der Waals surface area contributed by atoms with E-state index in [1.165, 1.54) is 0 Å². The first kappa shape index (κ1) is 16.7. The van der Waals surface area contributed by atoms with Crippen LogP contribution in [0.15, 0.2) is 67.3 Å². The Bertz CT molecular complexity index is 1130. The van der Waals surface area contributed by atoms with Crippen molar-refractivity contribution in [3.8, 4) is 16.9 Å². The lowest BCUT2D eigenvalue weighted by atomic mass is 10.1. The number of morpholine rings is 1. The molecule has 0 aliphatic carbocycles. The molecule has 0 spiro atoms. The number of amides is 1. The highest BCUT2D eigenvalue weighted by atomic mass is 16.5. The van der Waals surface area contributed by atoms with Crippen LogP contribution in [-0.2, 0) is 4.74 Å². The zero-order chi connectivity index (χ0) is 18.9. The molecular weight excluding hydrogens is 354 g/mol. The highest BCUT2D eigenvalue weighted by molar-refractivity contribution is 5.93. The van der Waals surface area contributed by atoms with E-state index in [-0.39, 0.29) is 5.91 Å². The van der Waals surface area contributed by atoms with E-state index in [0.717, 1.165) is 22.5 Å². The number of ether oxygens (including phenoxy) is 1. The molecule has 7 heteroatoms. The lowest BCUT2D eigenvalue weighted by Crippen LogP contribution is -2.41. The SMILES string of the molecule is O=C(c1ccnn1-c1ccc2ccc(-c3cccnc3)cn12)N1CCOCC1. The van der Waals surface area contributed by atoms with Gasteiger partial charge in [-0.3, -0.25) is 9.78 Å². The molecular formula is C21H19N5O2. The van der Waals surface area contributed by atoms with E-state index < -0.39 is 0 Å². The second-order valence-corrected chi connectivity index (χ2v) is 6.68. The van der Waals surface area contributed by atoms with E-state index in [1.54, 1.807) is 23.1 Å². The maximum atomic E-state index is 13.0. The van der Waals surface area contributed by atoms with Gasteiger partial charge in [0.15, 0.2) is 0 Å². The molecule has 0 radical (unpaired) electrons. The summed E-state index contributed by atoms with van der Waals surface area (Å²) in [4.78, 5) is 19.0. The minimum absolute atomic E-state index is 0.0286. The minimum atomic E-state index is -0.0286. The third-order valence-electron chi connectivity index (χ3n) is 5.00. The summed E-state index contributed by atoms with van der Waals surface area (Å²) in [5.41, 5.74) is 3.66. The summed E-state index contributed by atoms with van der Waals surface area (Å²) in [5, 5.41) is 4.43. The summed E-state index contributed by atoms with van der Waals surface area (Å²) in [6, 6.07) is 13.8. The van der Waals surface area contributed by atoms with Crippen LogP contribution in [0.1, 0.15) is 10.5 Å². The van der Waals surface area contributed by atoms with Crippen molar-refractivity contribution in [3.63, 3.8) is 0 Å². The Balaban J connectivity index is 1.57. The molecule has 140 valence electrons. The van der Waals surface area contributed by atoms with Crippen LogP contribution in [0, 0.1) is 0 Å². The molecule has 0 unspecified atom stereocenters. The van der Waals surface area contributed by atoms with Gasteiger partial charge in [0.05, 0.1) is 19.4 Å². The highest BCUT2D eigenvalue weighted by Crippen LogP contribution is 2.23. The number of rotatable bonds is 3. The van der Waals surface area contributed by atoms with Crippen LogP contribution < -0.4 is 0 Å². The van der Waals surface area contributed by atoms with Crippen LogP contribution in [0.25, 0.3) is 22.5 Å².